The minimum atomic E-state index is -0.562. The summed E-state index contributed by atoms with van der Waals surface area (Å²) in [6.07, 6.45) is 0.238. The summed E-state index contributed by atoms with van der Waals surface area (Å²) < 4.78 is 11.1. The van der Waals surface area contributed by atoms with Crippen LogP contribution in [0.3, 0.4) is 0 Å². The third-order valence-corrected chi connectivity index (χ3v) is 4.47. The molecule has 0 spiro atoms. The molecule has 1 amide bonds. The van der Waals surface area contributed by atoms with Gasteiger partial charge in [-0.25, -0.2) is 0 Å². The second-order valence-corrected chi connectivity index (χ2v) is 6.20. The Labute approximate surface area is 150 Å². The van der Waals surface area contributed by atoms with Gasteiger partial charge in [-0.3, -0.25) is 4.79 Å². The van der Waals surface area contributed by atoms with Crippen molar-refractivity contribution in [2.75, 3.05) is 7.11 Å². The molecule has 0 heterocycles. The van der Waals surface area contributed by atoms with E-state index in [1.165, 1.54) is 0 Å². The molecule has 0 fully saturated rings. The van der Waals surface area contributed by atoms with Crippen molar-refractivity contribution in [1.82, 2.24) is 5.32 Å². The number of carbonyl (C=O) groups is 1. The third-order valence-electron chi connectivity index (χ3n) is 4.47. The van der Waals surface area contributed by atoms with Crippen LogP contribution in [0, 0.1) is 13.8 Å². The first-order valence-corrected chi connectivity index (χ1v) is 8.63. The minimum Gasteiger partial charge on any atom is -0.497 e. The maximum absolute atomic E-state index is 12.5. The highest BCUT2D eigenvalue weighted by Crippen LogP contribution is 2.23. The highest BCUT2D eigenvalue weighted by Gasteiger charge is 2.20. The lowest BCUT2D eigenvalue weighted by atomic mass is 10.0. The molecule has 2 aromatic carbocycles. The predicted octanol–water partition coefficient (Wildman–Crippen LogP) is 4.35. The van der Waals surface area contributed by atoms with Crippen LogP contribution in [0.4, 0.5) is 0 Å². The summed E-state index contributed by atoms with van der Waals surface area (Å²) in [6, 6.07) is 13.6. The van der Waals surface area contributed by atoms with Crippen molar-refractivity contribution in [1.29, 1.82) is 0 Å². The summed E-state index contributed by atoms with van der Waals surface area (Å²) in [7, 11) is 1.64. The first-order valence-electron chi connectivity index (χ1n) is 8.63. The average Bonchev–Trinajstić information content (AvgIpc) is 2.63. The van der Waals surface area contributed by atoms with Gasteiger partial charge in [0.1, 0.15) is 11.5 Å². The Kier molecular flexibility index (Phi) is 6.45. The van der Waals surface area contributed by atoms with Gasteiger partial charge < -0.3 is 14.8 Å². The van der Waals surface area contributed by atoms with Crippen LogP contribution in [0.15, 0.2) is 42.5 Å². The standard InChI is InChI=1S/C21H27NO3/c1-6-19(17-10-12-18(24-5)13-11-17)22-21(23)16(4)25-20-9-7-8-14(2)15(20)3/h7-13,16,19H,6H2,1-5H3,(H,22,23)/t16-,19-/m1/s1. The number of hydrogen-bond donors (Lipinski definition) is 1. The maximum Gasteiger partial charge on any atom is 0.261 e. The van der Waals surface area contributed by atoms with Crippen LogP contribution >= 0.6 is 0 Å². The Balaban J connectivity index is 2.03. The largest absolute Gasteiger partial charge is 0.497 e. The molecule has 0 saturated heterocycles. The predicted molar refractivity (Wildman–Crippen MR) is 100 cm³/mol. The van der Waals surface area contributed by atoms with Crippen molar-refractivity contribution < 1.29 is 14.3 Å². The zero-order chi connectivity index (χ0) is 18.4. The molecule has 4 heteroatoms. The summed E-state index contributed by atoms with van der Waals surface area (Å²) in [5.41, 5.74) is 3.26. The molecule has 0 aliphatic heterocycles. The van der Waals surface area contributed by atoms with Crippen molar-refractivity contribution in [2.45, 2.75) is 46.3 Å². The molecule has 2 rings (SSSR count). The van der Waals surface area contributed by atoms with Gasteiger partial charge in [0.15, 0.2) is 6.10 Å². The molecule has 0 aromatic heterocycles. The maximum atomic E-state index is 12.5. The fourth-order valence-corrected chi connectivity index (χ4v) is 2.64. The molecule has 25 heavy (non-hydrogen) atoms. The summed E-state index contributed by atoms with van der Waals surface area (Å²) in [4.78, 5) is 12.5. The van der Waals surface area contributed by atoms with E-state index in [0.717, 1.165) is 34.6 Å². The SMILES string of the molecule is CC[C@@H](NC(=O)[C@@H](C)Oc1cccc(C)c1C)c1ccc(OC)cc1. The molecule has 4 nitrogen and oxygen atoms in total. The van der Waals surface area contributed by atoms with E-state index in [1.807, 2.05) is 63.2 Å². The topological polar surface area (TPSA) is 47.6 Å². The fourth-order valence-electron chi connectivity index (χ4n) is 2.64. The number of carbonyl (C=O) groups excluding carboxylic acids is 1. The van der Waals surface area contributed by atoms with Gasteiger partial charge in [0.2, 0.25) is 0 Å². The number of ether oxygens (including phenoxy) is 2. The zero-order valence-electron chi connectivity index (χ0n) is 15.6. The van der Waals surface area contributed by atoms with E-state index in [9.17, 15) is 4.79 Å². The Morgan fingerprint density at radius 2 is 1.80 bits per heavy atom. The molecular weight excluding hydrogens is 314 g/mol. The van der Waals surface area contributed by atoms with Gasteiger partial charge in [-0.2, -0.15) is 0 Å². The van der Waals surface area contributed by atoms with E-state index < -0.39 is 6.10 Å². The average molecular weight is 341 g/mol. The number of amides is 1. The molecule has 0 bridgehead atoms. The molecule has 0 aliphatic rings. The van der Waals surface area contributed by atoms with Crippen LogP contribution < -0.4 is 14.8 Å². The Morgan fingerprint density at radius 1 is 1.12 bits per heavy atom. The van der Waals surface area contributed by atoms with E-state index in [0.29, 0.717) is 0 Å². The van der Waals surface area contributed by atoms with Crippen LogP contribution in [-0.2, 0) is 4.79 Å². The second kappa shape index (κ2) is 8.56. The van der Waals surface area contributed by atoms with Gasteiger partial charge in [-0.05, 0) is 62.1 Å². The smallest absolute Gasteiger partial charge is 0.261 e. The summed E-state index contributed by atoms with van der Waals surface area (Å²) >= 11 is 0. The van der Waals surface area contributed by atoms with Crippen molar-refractivity contribution in [2.24, 2.45) is 0 Å². The first kappa shape index (κ1) is 18.8. The van der Waals surface area contributed by atoms with Gasteiger partial charge in [-0.15, -0.1) is 0 Å². The molecular formula is C21H27NO3. The molecule has 2 atom stereocenters. The normalized spacial score (nSPS) is 13.0. The number of methoxy groups -OCH3 is 1. The van der Waals surface area contributed by atoms with Crippen LogP contribution in [-0.4, -0.2) is 19.1 Å². The molecule has 0 saturated carbocycles. The van der Waals surface area contributed by atoms with Crippen molar-refractivity contribution in [3.05, 3.63) is 59.2 Å². The van der Waals surface area contributed by atoms with Crippen molar-refractivity contribution in [3.63, 3.8) is 0 Å². The van der Waals surface area contributed by atoms with E-state index in [1.54, 1.807) is 14.0 Å². The Hall–Kier alpha value is -2.49. The van der Waals surface area contributed by atoms with Crippen LogP contribution in [0.25, 0.3) is 0 Å². The fraction of sp³-hybridized carbons (Fsp3) is 0.381. The minimum absolute atomic E-state index is 0.0527. The molecule has 134 valence electrons. The van der Waals surface area contributed by atoms with Crippen molar-refractivity contribution >= 4 is 5.91 Å². The lowest BCUT2D eigenvalue weighted by Gasteiger charge is -2.22. The molecule has 1 N–H and O–H groups in total. The van der Waals surface area contributed by atoms with Gasteiger partial charge >= 0.3 is 0 Å². The number of benzene rings is 2. The lowest BCUT2D eigenvalue weighted by Crippen LogP contribution is -2.38. The van der Waals surface area contributed by atoms with E-state index >= 15 is 0 Å². The Morgan fingerprint density at radius 3 is 2.40 bits per heavy atom. The quantitative estimate of drug-likeness (QED) is 0.814. The first-order chi connectivity index (χ1) is 12.0. The van der Waals surface area contributed by atoms with E-state index in [4.69, 9.17) is 9.47 Å². The second-order valence-electron chi connectivity index (χ2n) is 6.20. The monoisotopic (exact) mass is 341 g/mol. The van der Waals surface area contributed by atoms with Gasteiger partial charge in [-0.1, -0.05) is 31.2 Å². The molecule has 0 radical (unpaired) electrons. The van der Waals surface area contributed by atoms with Crippen molar-refractivity contribution in [3.8, 4) is 11.5 Å². The van der Waals surface area contributed by atoms with Crippen LogP contribution in [0.2, 0.25) is 0 Å². The number of aryl methyl sites for hydroxylation is 1. The number of nitrogens with one attached hydrogen (secondary N) is 1. The summed E-state index contributed by atoms with van der Waals surface area (Å²) in [5.74, 6) is 1.43. The summed E-state index contributed by atoms with van der Waals surface area (Å²) in [5, 5.41) is 3.07. The van der Waals surface area contributed by atoms with E-state index in [2.05, 4.69) is 5.32 Å². The molecule has 2 aromatic rings. The zero-order valence-corrected chi connectivity index (χ0v) is 15.6. The highest BCUT2D eigenvalue weighted by molar-refractivity contribution is 5.81. The lowest BCUT2D eigenvalue weighted by molar-refractivity contribution is -0.128. The van der Waals surface area contributed by atoms with Crippen LogP contribution in [0.5, 0.6) is 11.5 Å². The van der Waals surface area contributed by atoms with Crippen LogP contribution in [0.1, 0.15) is 43.0 Å². The third kappa shape index (κ3) is 4.75. The van der Waals surface area contributed by atoms with E-state index in [-0.39, 0.29) is 11.9 Å². The summed E-state index contributed by atoms with van der Waals surface area (Å²) in [6.45, 7) is 7.86. The van der Waals surface area contributed by atoms with Gasteiger partial charge in [0.25, 0.3) is 5.91 Å². The number of rotatable bonds is 7. The van der Waals surface area contributed by atoms with Gasteiger partial charge in [0, 0.05) is 0 Å². The molecule has 0 unspecified atom stereocenters. The highest BCUT2D eigenvalue weighted by atomic mass is 16.5. The number of hydrogen-bond acceptors (Lipinski definition) is 3. The Bertz CT molecular complexity index is 710. The molecule has 0 aliphatic carbocycles. The van der Waals surface area contributed by atoms with Gasteiger partial charge in [0.05, 0.1) is 13.2 Å².